The largest absolute Gasteiger partial charge is 0.378 e. The number of ether oxygens (including phenoxy) is 1. The molecule has 0 aromatic carbocycles. The van der Waals surface area contributed by atoms with E-state index in [2.05, 4.69) is 76.6 Å². The maximum Gasteiger partial charge on any atom is 0.229 e. The molecule has 2 heterocycles. The molecule has 1 amide bonds. The molecule has 1 aromatic heterocycles. The number of morpholine rings is 1. The summed E-state index contributed by atoms with van der Waals surface area (Å²) in [5, 5.41) is 0. The molecule has 5 nitrogen and oxygen atoms in total. The molecule has 0 unspecified atom stereocenters. The van der Waals surface area contributed by atoms with E-state index in [4.69, 9.17) is 4.74 Å². The van der Waals surface area contributed by atoms with Crippen LogP contribution in [0.3, 0.4) is 0 Å². The van der Waals surface area contributed by atoms with Crippen LogP contribution in [0.15, 0.2) is 41.7 Å². The first-order chi connectivity index (χ1) is 21.3. The average Bonchev–Trinajstić information content (AvgIpc) is 3.02. The number of fused-ring (bicyclic) bond motifs is 7. The lowest BCUT2D eigenvalue weighted by molar-refractivity contribution is -0.184. The van der Waals surface area contributed by atoms with E-state index in [1.807, 2.05) is 12.3 Å². The Morgan fingerprint density at radius 3 is 2.47 bits per heavy atom. The van der Waals surface area contributed by atoms with Gasteiger partial charge >= 0.3 is 0 Å². The summed E-state index contributed by atoms with van der Waals surface area (Å²) in [6.07, 6.45) is 16.9. The molecule has 244 valence electrons. The molecular weight excluding hydrogens is 556 g/mol. The lowest BCUT2D eigenvalue weighted by Crippen LogP contribution is -2.66. The fourth-order valence-electron chi connectivity index (χ4n) is 12.6. The van der Waals surface area contributed by atoms with E-state index in [0.717, 1.165) is 75.6 Å². The number of amides is 1. The summed E-state index contributed by atoms with van der Waals surface area (Å²) in [6.45, 7) is 19.9. The Kier molecular flexibility index (Phi) is 7.40. The zero-order valence-electron chi connectivity index (χ0n) is 29.0. The monoisotopic (exact) mass is 612 g/mol. The molecule has 1 saturated heterocycles. The number of nitrogens with zero attached hydrogens (tertiary/aromatic N) is 2. The molecule has 6 aliphatic rings. The SMILES string of the molecule is C[C@H]1[C@H](C)CC[C@]2(C(=O)N3CCOCC3)CC[C@]3(C)C(=CC[C@@H]4[C@@]5(C)C/C(=C/c6cccnc6)C(=O)C(C)(C)[C@@H]5CC[C@]43C)[C@H]12. The van der Waals surface area contributed by atoms with Crippen molar-refractivity contribution in [2.45, 2.75) is 99.8 Å². The lowest BCUT2D eigenvalue weighted by Gasteiger charge is -2.71. The van der Waals surface area contributed by atoms with Gasteiger partial charge in [-0.1, -0.05) is 66.2 Å². The predicted molar refractivity (Wildman–Crippen MR) is 179 cm³/mol. The molecule has 7 rings (SSSR count). The van der Waals surface area contributed by atoms with E-state index in [1.54, 1.807) is 11.8 Å². The van der Waals surface area contributed by atoms with Gasteiger partial charge < -0.3 is 9.64 Å². The van der Waals surface area contributed by atoms with Crippen LogP contribution < -0.4 is 0 Å². The highest BCUT2D eigenvalue weighted by atomic mass is 16.5. The number of allylic oxidation sites excluding steroid dienone is 3. The van der Waals surface area contributed by atoms with E-state index in [-0.39, 0.29) is 21.7 Å². The molecule has 5 fully saturated rings. The van der Waals surface area contributed by atoms with Gasteiger partial charge in [0.2, 0.25) is 5.91 Å². The number of carbonyl (C=O) groups excluding carboxylic acids is 2. The van der Waals surface area contributed by atoms with Crippen molar-refractivity contribution in [3.63, 3.8) is 0 Å². The quantitative estimate of drug-likeness (QED) is 0.250. The van der Waals surface area contributed by atoms with Gasteiger partial charge in [0.15, 0.2) is 5.78 Å². The molecule has 0 N–H and O–H groups in total. The minimum atomic E-state index is -0.396. The van der Waals surface area contributed by atoms with Crippen LogP contribution in [0.5, 0.6) is 0 Å². The second-order valence-electron chi connectivity index (χ2n) is 17.4. The third-order valence-corrected chi connectivity index (χ3v) is 15.3. The van der Waals surface area contributed by atoms with Crippen LogP contribution in [-0.4, -0.2) is 47.9 Å². The number of rotatable bonds is 2. The number of hydrogen-bond acceptors (Lipinski definition) is 4. The molecule has 1 aromatic rings. The lowest BCUT2D eigenvalue weighted by atomic mass is 9.33. The van der Waals surface area contributed by atoms with Crippen molar-refractivity contribution in [3.05, 3.63) is 47.3 Å². The number of pyridine rings is 1. The van der Waals surface area contributed by atoms with Gasteiger partial charge in [0.1, 0.15) is 0 Å². The number of Topliss-reactive ketones (excluding diaryl/α,β-unsaturated/α-hetero) is 1. The Morgan fingerprint density at radius 2 is 1.76 bits per heavy atom. The number of ketones is 1. The van der Waals surface area contributed by atoms with Gasteiger partial charge in [-0.05, 0) is 120 Å². The maximum atomic E-state index is 14.6. The van der Waals surface area contributed by atoms with Crippen LogP contribution in [0.25, 0.3) is 6.08 Å². The molecule has 0 radical (unpaired) electrons. The van der Waals surface area contributed by atoms with Crippen molar-refractivity contribution in [3.8, 4) is 0 Å². The summed E-state index contributed by atoms with van der Waals surface area (Å²) in [5.74, 6) is 3.00. The van der Waals surface area contributed by atoms with Crippen molar-refractivity contribution < 1.29 is 14.3 Å². The first kappa shape index (κ1) is 31.3. The molecule has 1 aliphatic heterocycles. The summed E-state index contributed by atoms with van der Waals surface area (Å²) in [7, 11) is 0. The zero-order chi connectivity index (χ0) is 32.0. The predicted octanol–water partition coefficient (Wildman–Crippen LogP) is 8.16. The smallest absolute Gasteiger partial charge is 0.229 e. The Bertz CT molecular complexity index is 1420. The highest BCUT2D eigenvalue weighted by molar-refractivity contribution is 6.04. The maximum absolute atomic E-state index is 14.6. The van der Waals surface area contributed by atoms with Crippen LogP contribution in [0.1, 0.15) is 105 Å². The summed E-state index contributed by atoms with van der Waals surface area (Å²) < 4.78 is 5.66. The molecule has 5 aliphatic carbocycles. The highest BCUT2D eigenvalue weighted by Gasteiger charge is 2.70. The van der Waals surface area contributed by atoms with E-state index in [1.165, 1.54) is 0 Å². The van der Waals surface area contributed by atoms with Crippen LogP contribution in [0.4, 0.5) is 0 Å². The topological polar surface area (TPSA) is 59.5 Å². The average molecular weight is 613 g/mol. The van der Waals surface area contributed by atoms with Gasteiger partial charge in [-0.2, -0.15) is 0 Å². The summed E-state index contributed by atoms with van der Waals surface area (Å²) in [4.78, 5) is 35.2. The van der Waals surface area contributed by atoms with Crippen LogP contribution in [-0.2, 0) is 14.3 Å². The standard InChI is InChI=1S/C40H56N2O3/c1-26-12-15-40(35(44)42-19-21-45-22-20-42)17-16-38(6)30(33(40)27(26)2)10-11-32-37(5)24-29(23-28-9-8-18-41-25-28)34(43)36(3,4)31(37)13-14-39(32,38)7/h8-10,18,23,25-27,31-33H,11-17,19-22,24H2,1-7H3/b29-23-/t26-,27+,31+,32-,33+,37+,38-,39-,40+/m1/s1. The number of hydrogen-bond donors (Lipinski definition) is 0. The molecule has 0 bridgehead atoms. The molecule has 9 atom stereocenters. The minimum Gasteiger partial charge on any atom is -0.378 e. The molecule has 5 heteroatoms. The van der Waals surface area contributed by atoms with Crippen molar-refractivity contribution >= 4 is 17.8 Å². The van der Waals surface area contributed by atoms with E-state index >= 15 is 0 Å². The number of aromatic nitrogens is 1. The summed E-state index contributed by atoms with van der Waals surface area (Å²) in [6, 6.07) is 4.02. The Morgan fingerprint density at radius 1 is 1.00 bits per heavy atom. The molecular formula is C40H56N2O3. The second-order valence-corrected chi connectivity index (χ2v) is 17.4. The fraction of sp³-hybridized carbons (Fsp3) is 0.725. The van der Waals surface area contributed by atoms with Crippen LogP contribution in [0.2, 0.25) is 0 Å². The van der Waals surface area contributed by atoms with E-state index in [0.29, 0.717) is 54.5 Å². The van der Waals surface area contributed by atoms with Crippen LogP contribution in [0, 0.1) is 56.7 Å². The molecule has 0 spiro atoms. The fourth-order valence-corrected chi connectivity index (χ4v) is 12.6. The third kappa shape index (κ3) is 4.30. The third-order valence-electron chi connectivity index (χ3n) is 15.3. The van der Waals surface area contributed by atoms with Crippen molar-refractivity contribution in [2.75, 3.05) is 26.3 Å². The highest BCUT2D eigenvalue weighted by Crippen LogP contribution is 2.76. The van der Waals surface area contributed by atoms with Gasteiger partial charge in [0.25, 0.3) is 0 Å². The molecule has 4 saturated carbocycles. The molecule has 45 heavy (non-hydrogen) atoms. The first-order valence-electron chi connectivity index (χ1n) is 18.0. The van der Waals surface area contributed by atoms with Crippen molar-refractivity contribution in [2.24, 2.45) is 56.7 Å². The van der Waals surface area contributed by atoms with Crippen LogP contribution >= 0.6 is 0 Å². The zero-order valence-corrected chi connectivity index (χ0v) is 29.0. The minimum absolute atomic E-state index is 0.0210. The van der Waals surface area contributed by atoms with E-state index < -0.39 is 5.41 Å². The Hall–Kier alpha value is -2.27. The van der Waals surface area contributed by atoms with Gasteiger partial charge in [-0.15, -0.1) is 0 Å². The summed E-state index contributed by atoms with van der Waals surface area (Å²) in [5.41, 5.74) is 3.12. The normalized spacial score (nSPS) is 45.1. The number of carbonyl (C=O) groups is 2. The van der Waals surface area contributed by atoms with Crippen molar-refractivity contribution in [1.82, 2.24) is 9.88 Å². The van der Waals surface area contributed by atoms with Gasteiger partial charge in [-0.3, -0.25) is 14.6 Å². The van der Waals surface area contributed by atoms with Gasteiger partial charge in [0.05, 0.1) is 18.6 Å². The van der Waals surface area contributed by atoms with Crippen molar-refractivity contribution in [1.29, 1.82) is 0 Å². The first-order valence-corrected chi connectivity index (χ1v) is 18.0. The Labute approximate surface area is 271 Å². The Balaban J connectivity index is 1.30. The van der Waals surface area contributed by atoms with Gasteiger partial charge in [0, 0.05) is 30.9 Å². The summed E-state index contributed by atoms with van der Waals surface area (Å²) >= 11 is 0. The van der Waals surface area contributed by atoms with Gasteiger partial charge in [-0.25, -0.2) is 0 Å². The van der Waals surface area contributed by atoms with E-state index in [9.17, 15) is 9.59 Å². The second kappa shape index (κ2) is 10.6.